The average Bonchev–Trinajstić information content (AvgIpc) is 2.92. The molecule has 0 aromatic heterocycles. The second kappa shape index (κ2) is 5.76. The van der Waals surface area contributed by atoms with Gasteiger partial charge < -0.3 is 0 Å². The summed E-state index contributed by atoms with van der Waals surface area (Å²) in [6, 6.07) is 3.84. The molecule has 4 atom stereocenters. The molecule has 0 bridgehead atoms. The summed E-state index contributed by atoms with van der Waals surface area (Å²) in [5.41, 5.74) is 5.34. The molecule has 3 aliphatic carbocycles. The van der Waals surface area contributed by atoms with Crippen molar-refractivity contribution in [3.05, 3.63) is 46.3 Å². The minimum atomic E-state index is -0.140. The Morgan fingerprint density at radius 2 is 2.04 bits per heavy atom. The van der Waals surface area contributed by atoms with E-state index in [9.17, 15) is 4.39 Å². The lowest BCUT2D eigenvalue weighted by molar-refractivity contribution is 0.0813. The van der Waals surface area contributed by atoms with Crippen LogP contribution in [0.1, 0.15) is 75.5 Å². The maximum Gasteiger partial charge on any atom is 0.139 e. The summed E-state index contributed by atoms with van der Waals surface area (Å²) in [5.74, 6) is 7.86. The first-order valence-corrected chi connectivity index (χ1v) is 9.49. The van der Waals surface area contributed by atoms with Crippen molar-refractivity contribution in [2.45, 2.75) is 65.2 Å². The van der Waals surface area contributed by atoms with E-state index in [0.29, 0.717) is 16.9 Å². The fourth-order valence-electron chi connectivity index (χ4n) is 6.14. The first-order valence-electron chi connectivity index (χ1n) is 9.49. The van der Waals surface area contributed by atoms with Gasteiger partial charge in [0.05, 0.1) is 5.56 Å². The molecule has 0 saturated heterocycles. The zero-order valence-corrected chi connectivity index (χ0v) is 15.1. The lowest BCUT2D eigenvalue weighted by Gasteiger charge is -2.49. The Hall–Kier alpha value is -1.55. The van der Waals surface area contributed by atoms with Crippen LogP contribution in [0.2, 0.25) is 0 Å². The van der Waals surface area contributed by atoms with Gasteiger partial charge in [0.15, 0.2) is 0 Å². The summed E-state index contributed by atoms with van der Waals surface area (Å²) in [7, 11) is 0. The summed E-state index contributed by atoms with van der Waals surface area (Å²) in [6.45, 7) is 6.50. The molecule has 0 N–H and O–H groups in total. The van der Waals surface area contributed by atoms with E-state index in [1.807, 2.05) is 0 Å². The van der Waals surface area contributed by atoms with Crippen molar-refractivity contribution >= 4 is 0 Å². The Kier molecular flexibility index (Phi) is 3.83. The third-order valence-electron chi connectivity index (χ3n) is 7.27. The van der Waals surface area contributed by atoms with Crippen LogP contribution in [0, 0.1) is 34.9 Å². The smallest absolute Gasteiger partial charge is 0.139 e. The number of fused-ring (bicyclic) bond motifs is 5. The SMILES string of the molecule is CC#Cc1cc2c(cc1F)CCC1C2CC[C@]2(C)/C(=C/C)CCC12. The summed E-state index contributed by atoms with van der Waals surface area (Å²) in [5, 5.41) is 0. The molecule has 0 amide bonds. The van der Waals surface area contributed by atoms with E-state index < -0.39 is 0 Å². The highest BCUT2D eigenvalue weighted by Gasteiger charge is 2.52. The topological polar surface area (TPSA) is 0 Å². The third kappa shape index (κ3) is 2.19. The average molecular weight is 322 g/mol. The van der Waals surface area contributed by atoms with Gasteiger partial charge in [0.1, 0.15) is 5.82 Å². The van der Waals surface area contributed by atoms with Crippen molar-refractivity contribution in [1.29, 1.82) is 0 Å². The van der Waals surface area contributed by atoms with Crippen molar-refractivity contribution in [3.63, 3.8) is 0 Å². The summed E-state index contributed by atoms with van der Waals surface area (Å²) in [4.78, 5) is 0. The van der Waals surface area contributed by atoms with Gasteiger partial charge >= 0.3 is 0 Å². The molecule has 24 heavy (non-hydrogen) atoms. The lowest BCUT2D eigenvalue weighted by Crippen LogP contribution is -2.40. The van der Waals surface area contributed by atoms with Crippen molar-refractivity contribution < 1.29 is 4.39 Å². The quantitative estimate of drug-likeness (QED) is 0.406. The van der Waals surface area contributed by atoms with Crippen LogP contribution in [0.4, 0.5) is 4.39 Å². The van der Waals surface area contributed by atoms with Gasteiger partial charge in [0.25, 0.3) is 0 Å². The van der Waals surface area contributed by atoms with E-state index in [1.165, 1.54) is 43.2 Å². The highest BCUT2D eigenvalue weighted by molar-refractivity contribution is 5.45. The summed E-state index contributed by atoms with van der Waals surface area (Å²) >= 11 is 0. The predicted molar refractivity (Wildman–Crippen MR) is 97.3 cm³/mol. The third-order valence-corrected chi connectivity index (χ3v) is 7.27. The second-order valence-corrected chi connectivity index (χ2v) is 8.13. The summed E-state index contributed by atoms with van der Waals surface area (Å²) in [6.07, 6.45) is 9.79. The van der Waals surface area contributed by atoms with Crippen LogP contribution in [0.25, 0.3) is 0 Å². The number of allylic oxidation sites excluding steroid dienone is 2. The van der Waals surface area contributed by atoms with Crippen LogP contribution in [0.15, 0.2) is 23.8 Å². The minimum Gasteiger partial charge on any atom is -0.206 e. The van der Waals surface area contributed by atoms with Gasteiger partial charge in [0.2, 0.25) is 0 Å². The van der Waals surface area contributed by atoms with Gasteiger partial charge in [-0.15, -0.1) is 5.92 Å². The Morgan fingerprint density at radius 1 is 1.21 bits per heavy atom. The van der Waals surface area contributed by atoms with Crippen LogP contribution < -0.4 is 0 Å². The molecule has 1 heteroatoms. The highest BCUT2D eigenvalue weighted by Crippen LogP contribution is 2.62. The molecule has 4 rings (SSSR count). The van der Waals surface area contributed by atoms with Gasteiger partial charge in [-0.2, -0.15) is 0 Å². The normalized spacial score (nSPS) is 35.7. The molecule has 0 radical (unpaired) electrons. The number of hydrogen-bond donors (Lipinski definition) is 0. The number of benzene rings is 1. The van der Waals surface area contributed by atoms with Crippen LogP contribution in [-0.4, -0.2) is 0 Å². The largest absolute Gasteiger partial charge is 0.206 e. The first kappa shape index (κ1) is 15.9. The van der Waals surface area contributed by atoms with Gasteiger partial charge in [-0.3, -0.25) is 0 Å². The van der Waals surface area contributed by atoms with E-state index in [2.05, 4.69) is 37.8 Å². The standard InChI is InChI=1S/C23H27F/c1-4-6-16-13-20-15(14-22(16)24)7-9-19-18(20)11-12-23(3)17(5-2)8-10-21(19)23/h5,13-14,18-19,21H,7-12H2,1-3H3/b17-5+/t18?,19?,21?,23-/m1/s1. The highest BCUT2D eigenvalue weighted by atomic mass is 19.1. The van der Waals surface area contributed by atoms with Gasteiger partial charge in [0, 0.05) is 0 Å². The van der Waals surface area contributed by atoms with E-state index in [4.69, 9.17) is 0 Å². The molecule has 2 fully saturated rings. The van der Waals surface area contributed by atoms with Crippen LogP contribution >= 0.6 is 0 Å². The Balaban J connectivity index is 1.74. The maximum absolute atomic E-state index is 14.3. The monoisotopic (exact) mass is 322 g/mol. The lowest BCUT2D eigenvalue weighted by atomic mass is 9.55. The zero-order valence-electron chi connectivity index (χ0n) is 15.1. The predicted octanol–water partition coefficient (Wildman–Crippen LogP) is 6.00. The number of hydrogen-bond acceptors (Lipinski definition) is 0. The van der Waals surface area contributed by atoms with Gasteiger partial charge in [-0.05, 0) is 98.8 Å². The molecule has 1 aromatic carbocycles. The number of halogens is 1. The Morgan fingerprint density at radius 3 is 2.79 bits per heavy atom. The molecule has 2 saturated carbocycles. The van der Waals surface area contributed by atoms with E-state index in [-0.39, 0.29) is 5.82 Å². The fraction of sp³-hybridized carbons (Fsp3) is 0.565. The van der Waals surface area contributed by atoms with E-state index >= 15 is 0 Å². The van der Waals surface area contributed by atoms with Crippen molar-refractivity contribution in [2.24, 2.45) is 17.3 Å². The Labute approximate surface area is 145 Å². The molecular weight excluding hydrogens is 295 g/mol. The van der Waals surface area contributed by atoms with E-state index in [1.54, 1.807) is 18.6 Å². The van der Waals surface area contributed by atoms with E-state index in [0.717, 1.165) is 18.3 Å². The molecule has 1 aromatic rings. The molecular formula is C23H27F. The molecule has 126 valence electrons. The van der Waals surface area contributed by atoms with Gasteiger partial charge in [-0.1, -0.05) is 24.5 Å². The van der Waals surface area contributed by atoms with Crippen LogP contribution in [0.3, 0.4) is 0 Å². The molecule has 0 heterocycles. The number of rotatable bonds is 0. The van der Waals surface area contributed by atoms with Gasteiger partial charge in [-0.25, -0.2) is 4.39 Å². The zero-order chi connectivity index (χ0) is 16.9. The van der Waals surface area contributed by atoms with Crippen molar-refractivity contribution in [3.8, 4) is 11.8 Å². The molecule has 0 nitrogen and oxygen atoms in total. The van der Waals surface area contributed by atoms with Crippen molar-refractivity contribution in [2.75, 3.05) is 0 Å². The molecule has 3 unspecified atom stereocenters. The molecule has 0 spiro atoms. The second-order valence-electron chi connectivity index (χ2n) is 8.13. The maximum atomic E-state index is 14.3. The van der Waals surface area contributed by atoms with Crippen LogP contribution in [0.5, 0.6) is 0 Å². The fourth-order valence-corrected chi connectivity index (χ4v) is 6.14. The van der Waals surface area contributed by atoms with Crippen molar-refractivity contribution in [1.82, 2.24) is 0 Å². The molecule has 3 aliphatic rings. The Bertz CT molecular complexity index is 760. The number of aryl methyl sites for hydroxylation is 1. The summed E-state index contributed by atoms with van der Waals surface area (Å²) < 4.78 is 14.3. The molecule has 0 aliphatic heterocycles. The first-order chi connectivity index (χ1) is 11.6. The minimum absolute atomic E-state index is 0.140. The van der Waals surface area contributed by atoms with Crippen LogP contribution in [-0.2, 0) is 6.42 Å².